The van der Waals surface area contributed by atoms with Crippen LogP contribution in [-0.4, -0.2) is 61.4 Å². The van der Waals surface area contributed by atoms with E-state index in [2.05, 4.69) is 15.2 Å². The molecule has 2 aliphatic rings. The number of hydrogen-bond donors (Lipinski definition) is 1. The van der Waals surface area contributed by atoms with E-state index in [-0.39, 0.29) is 12.5 Å². The molecule has 1 saturated heterocycles. The highest BCUT2D eigenvalue weighted by atomic mass is 32.2. The zero-order valence-corrected chi connectivity index (χ0v) is 17.1. The number of pyridine rings is 1. The fraction of sp³-hybridized carbons (Fsp3) is 0.526. The maximum absolute atomic E-state index is 13.3. The number of aliphatic hydroxyl groups is 1. The third-order valence-corrected chi connectivity index (χ3v) is 8.08. The Morgan fingerprint density at radius 2 is 2.07 bits per heavy atom. The highest BCUT2D eigenvalue weighted by Gasteiger charge is 2.38. The van der Waals surface area contributed by atoms with Gasteiger partial charge < -0.3 is 5.11 Å². The van der Waals surface area contributed by atoms with E-state index in [1.54, 1.807) is 9.20 Å². The summed E-state index contributed by atoms with van der Waals surface area (Å²) in [6, 6.07) is 1.94. The molecule has 0 bridgehead atoms. The Morgan fingerprint density at radius 1 is 1.21 bits per heavy atom. The molecular weight excluding hydrogens is 392 g/mol. The van der Waals surface area contributed by atoms with Gasteiger partial charge in [-0.2, -0.15) is 14.5 Å². The molecule has 2 aliphatic heterocycles. The summed E-state index contributed by atoms with van der Waals surface area (Å²) in [5.74, 6) is -0.142. The summed E-state index contributed by atoms with van der Waals surface area (Å²) in [5.41, 5.74) is 3.55. The smallest absolute Gasteiger partial charge is 0.246 e. The van der Waals surface area contributed by atoms with Crippen molar-refractivity contribution in [1.29, 1.82) is 0 Å². The number of sulfonamides is 1. The van der Waals surface area contributed by atoms with Gasteiger partial charge in [0.15, 0.2) is 5.65 Å². The molecule has 3 aromatic heterocycles. The van der Waals surface area contributed by atoms with Crippen LogP contribution in [0.5, 0.6) is 0 Å². The van der Waals surface area contributed by atoms with Gasteiger partial charge in [0.25, 0.3) is 0 Å². The third kappa shape index (κ3) is 3.06. The Morgan fingerprint density at radius 3 is 2.90 bits per heavy atom. The fourth-order valence-electron chi connectivity index (χ4n) is 4.59. The molecule has 2 atom stereocenters. The van der Waals surface area contributed by atoms with E-state index < -0.39 is 16.1 Å². The van der Waals surface area contributed by atoms with Crippen LogP contribution in [0.15, 0.2) is 29.7 Å². The number of nitrogens with zero attached hydrogens (tertiary/aromatic N) is 6. The summed E-state index contributed by atoms with van der Waals surface area (Å²) >= 11 is 0. The van der Waals surface area contributed by atoms with Gasteiger partial charge in [-0.25, -0.2) is 17.9 Å². The maximum Gasteiger partial charge on any atom is 0.246 e. The minimum absolute atomic E-state index is 0.0758. The molecule has 5 heterocycles. The first-order valence-electron chi connectivity index (χ1n) is 9.98. The van der Waals surface area contributed by atoms with Crippen molar-refractivity contribution in [3.63, 3.8) is 0 Å². The fourth-order valence-corrected chi connectivity index (χ4v) is 6.25. The van der Waals surface area contributed by atoms with Crippen LogP contribution < -0.4 is 0 Å². The Bertz CT molecular complexity index is 1170. The minimum atomic E-state index is -3.67. The summed E-state index contributed by atoms with van der Waals surface area (Å²) in [7, 11) is -3.67. The lowest BCUT2D eigenvalue weighted by Crippen LogP contribution is -2.46. The molecule has 9 nitrogen and oxygen atoms in total. The van der Waals surface area contributed by atoms with Crippen molar-refractivity contribution in [3.05, 3.63) is 41.6 Å². The van der Waals surface area contributed by atoms with Crippen LogP contribution in [-0.2, 0) is 23.0 Å². The van der Waals surface area contributed by atoms with Crippen LogP contribution in [0.4, 0.5) is 0 Å². The van der Waals surface area contributed by atoms with Gasteiger partial charge in [-0.3, -0.25) is 4.68 Å². The second-order valence-corrected chi connectivity index (χ2v) is 9.84. The zero-order valence-electron chi connectivity index (χ0n) is 16.3. The van der Waals surface area contributed by atoms with Crippen molar-refractivity contribution in [1.82, 2.24) is 28.7 Å². The highest BCUT2D eigenvalue weighted by Crippen LogP contribution is 2.34. The Labute approximate surface area is 169 Å². The van der Waals surface area contributed by atoms with Gasteiger partial charge in [-0.05, 0) is 49.8 Å². The number of aryl methyl sites for hydroxylation is 2. The average Bonchev–Trinajstić information content (AvgIpc) is 3.34. The molecule has 5 rings (SSSR count). The van der Waals surface area contributed by atoms with E-state index >= 15 is 0 Å². The van der Waals surface area contributed by atoms with E-state index in [0.717, 1.165) is 48.3 Å². The SMILES string of the molecule is Cc1cc2ncnn2cc1[C@@H]1CCN(S(=O)(=O)c2cnn3c2CCCC3)C[C@H]1O. The van der Waals surface area contributed by atoms with Crippen molar-refractivity contribution in [3.8, 4) is 0 Å². The van der Waals surface area contributed by atoms with Crippen molar-refractivity contribution in [2.24, 2.45) is 0 Å². The van der Waals surface area contributed by atoms with E-state index in [0.29, 0.717) is 17.9 Å². The molecule has 1 fully saturated rings. The summed E-state index contributed by atoms with van der Waals surface area (Å²) < 4.78 is 31.4. The first-order chi connectivity index (χ1) is 13.9. The molecule has 29 heavy (non-hydrogen) atoms. The van der Waals surface area contributed by atoms with Crippen molar-refractivity contribution >= 4 is 15.7 Å². The molecule has 1 N–H and O–H groups in total. The third-order valence-electron chi connectivity index (χ3n) is 6.17. The summed E-state index contributed by atoms with van der Waals surface area (Å²) in [5, 5.41) is 19.3. The average molecular weight is 417 g/mol. The Kier molecular flexibility index (Phi) is 4.45. The summed E-state index contributed by atoms with van der Waals surface area (Å²) in [4.78, 5) is 4.48. The Hall–Kier alpha value is -2.30. The monoisotopic (exact) mass is 416 g/mol. The van der Waals surface area contributed by atoms with E-state index in [1.807, 2.05) is 19.2 Å². The van der Waals surface area contributed by atoms with Crippen LogP contribution in [0.1, 0.15) is 42.0 Å². The lowest BCUT2D eigenvalue weighted by atomic mass is 9.86. The number of aliphatic hydroxyl groups excluding tert-OH is 1. The molecule has 0 aliphatic carbocycles. The normalized spacial score (nSPS) is 23.4. The predicted molar refractivity (Wildman–Crippen MR) is 105 cm³/mol. The quantitative estimate of drug-likeness (QED) is 0.686. The summed E-state index contributed by atoms with van der Waals surface area (Å²) in [6.07, 6.45) is 7.34. The second-order valence-electron chi connectivity index (χ2n) is 7.94. The molecular formula is C19H24N6O3S. The van der Waals surface area contributed by atoms with Crippen LogP contribution in [0.2, 0.25) is 0 Å². The van der Waals surface area contributed by atoms with Crippen molar-refractivity contribution < 1.29 is 13.5 Å². The Balaban J connectivity index is 1.40. The lowest BCUT2D eigenvalue weighted by molar-refractivity contribution is 0.0850. The van der Waals surface area contributed by atoms with Gasteiger partial charge in [0.05, 0.1) is 18.0 Å². The van der Waals surface area contributed by atoms with Gasteiger partial charge in [-0.15, -0.1) is 0 Å². The number of fused-ring (bicyclic) bond motifs is 2. The van der Waals surface area contributed by atoms with E-state index in [4.69, 9.17) is 0 Å². The van der Waals surface area contributed by atoms with Crippen LogP contribution >= 0.6 is 0 Å². The van der Waals surface area contributed by atoms with Crippen LogP contribution in [0, 0.1) is 6.92 Å². The van der Waals surface area contributed by atoms with Gasteiger partial charge in [0.1, 0.15) is 11.2 Å². The molecule has 154 valence electrons. The largest absolute Gasteiger partial charge is 0.391 e. The number of β-amino-alcohol motifs (C(OH)–C–C–N with tert-alkyl or cyclic N) is 1. The standard InChI is InChI=1S/C19H24N6O3S/c1-13-8-19-20-12-22-25(19)10-15(13)14-5-7-23(11-17(14)26)29(27,28)18-9-21-24-6-3-2-4-16(18)24/h8-10,12,14,17,26H,2-7,11H2,1H3/t14-,17+/m0/s1. The first-order valence-corrected chi connectivity index (χ1v) is 11.4. The van der Waals surface area contributed by atoms with Gasteiger partial charge in [0, 0.05) is 31.7 Å². The molecule has 0 saturated carbocycles. The molecule has 0 unspecified atom stereocenters. The molecule has 3 aromatic rings. The van der Waals surface area contributed by atoms with Crippen LogP contribution in [0.3, 0.4) is 0 Å². The highest BCUT2D eigenvalue weighted by molar-refractivity contribution is 7.89. The van der Waals surface area contributed by atoms with Gasteiger partial charge in [0.2, 0.25) is 10.0 Å². The minimum Gasteiger partial charge on any atom is -0.391 e. The number of rotatable bonds is 3. The first kappa shape index (κ1) is 18.7. The summed E-state index contributed by atoms with van der Waals surface area (Å²) in [6.45, 7) is 3.19. The topological polar surface area (TPSA) is 106 Å². The van der Waals surface area contributed by atoms with Gasteiger partial charge >= 0.3 is 0 Å². The number of hydrogen-bond acceptors (Lipinski definition) is 6. The van der Waals surface area contributed by atoms with Crippen LogP contribution in [0.25, 0.3) is 5.65 Å². The molecule has 0 radical (unpaired) electrons. The zero-order chi connectivity index (χ0) is 20.2. The molecule has 0 spiro atoms. The number of piperidine rings is 1. The number of aromatic nitrogens is 5. The second kappa shape index (κ2) is 6.89. The van der Waals surface area contributed by atoms with E-state index in [1.165, 1.54) is 16.8 Å². The lowest BCUT2D eigenvalue weighted by Gasteiger charge is -2.36. The van der Waals surface area contributed by atoms with Crippen molar-refractivity contribution in [2.45, 2.75) is 56.1 Å². The predicted octanol–water partition coefficient (Wildman–Crippen LogP) is 1.11. The van der Waals surface area contributed by atoms with Gasteiger partial charge in [-0.1, -0.05) is 0 Å². The molecule has 0 aromatic carbocycles. The molecule has 0 amide bonds. The van der Waals surface area contributed by atoms with Crippen molar-refractivity contribution in [2.75, 3.05) is 13.1 Å². The molecule has 10 heteroatoms. The maximum atomic E-state index is 13.3. The van der Waals surface area contributed by atoms with E-state index in [9.17, 15) is 13.5 Å².